The van der Waals surface area contributed by atoms with Crippen molar-refractivity contribution >= 4 is 17.6 Å². The fraction of sp³-hybridized carbons (Fsp3) is 0.423. The molecular weight excluding hydrogens is 404 g/mol. The quantitative estimate of drug-likeness (QED) is 0.640. The fourth-order valence-corrected chi connectivity index (χ4v) is 3.83. The topological polar surface area (TPSA) is 75.7 Å². The molecule has 1 saturated heterocycles. The maximum absolute atomic E-state index is 12.5. The van der Waals surface area contributed by atoms with Gasteiger partial charge in [0.15, 0.2) is 12.4 Å². The Bertz CT molecular complexity index is 960. The average molecular weight is 437 g/mol. The minimum absolute atomic E-state index is 0.00602. The number of ether oxygens (including phenoxy) is 1. The van der Waals surface area contributed by atoms with E-state index in [2.05, 4.69) is 5.32 Å². The Morgan fingerprint density at radius 3 is 2.34 bits per heavy atom. The first-order chi connectivity index (χ1) is 15.3. The Morgan fingerprint density at radius 1 is 0.969 bits per heavy atom. The lowest BCUT2D eigenvalue weighted by atomic mass is 10.0. The van der Waals surface area contributed by atoms with E-state index in [1.165, 1.54) is 0 Å². The van der Waals surface area contributed by atoms with Gasteiger partial charge in [-0.3, -0.25) is 14.4 Å². The fourth-order valence-electron chi connectivity index (χ4n) is 3.83. The van der Waals surface area contributed by atoms with Crippen molar-refractivity contribution in [2.24, 2.45) is 0 Å². The van der Waals surface area contributed by atoms with E-state index in [0.717, 1.165) is 22.4 Å². The normalized spacial score (nSPS) is 14.2. The summed E-state index contributed by atoms with van der Waals surface area (Å²) in [5, 5.41) is 3.00. The number of nitrogens with zero attached hydrogens (tertiary/aromatic N) is 1. The van der Waals surface area contributed by atoms with Crippen molar-refractivity contribution in [1.29, 1.82) is 0 Å². The molecule has 6 heteroatoms. The van der Waals surface area contributed by atoms with E-state index < -0.39 is 0 Å². The van der Waals surface area contributed by atoms with E-state index in [1.807, 2.05) is 51.1 Å². The molecule has 1 heterocycles. The van der Waals surface area contributed by atoms with Crippen LogP contribution in [-0.4, -0.2) is 48.2 Å². The minimum atomic E-state index is -0.153. The second kappa shape index (κ2) is 10.9. The molecule has 1 aliphatic rings. The third-order valence-corrected chi connectivity index (χ3v) is 6.07. The third kappa shape index (κ3) is 6.42. The summed E-state index contributed by atoms with van der Waals surface area (Å²) in [5.41, 5.74) is 3.91. The Hall–Kier alpha value is -3.15. The van der Waals surface area contributed by atoms with Crippen LogP contribution in [0, 0.1) is 20.8 Å². The summed E-state index contributed by atoms with van der Waals surface area (Å²) in [5.74, 6) is 0.554. The van der Waals surface area contributed by atoms with Crippen LogP contribution in [0.1, 0.15) is 52.7 Å². The zero-order valence-corrected chi connectivity index (χ0v) is 19.1. The van der Waals surface area contributed by atoms with Gasteiger partial charge in [0.05, 0.1) is 0 Å². The number of ketones is 1. The number of amides is 2. The van der Waals surface area contributed by atoms with Crippen LogP contribution in [0.3, 0.4) is 0 Å². The van der Waals surface area contributed by atoms with Crippen LogP contribution < -0.4 is 10.1 Å². The Morgan fingerprint density at radius 2 is 1.66 bits per heavy atom. The highest BCUT2D eigenvalue weighted by molar-refractivity contribution is 5.98. The van der Waals surface area contributed by atoms with Crippen molar-refractivity contribution in [3.63, 3.8) is 0 Å². The molecule has 0 aromatic heterocycles. The van der Waals surface area contributed by atoms with Gasteiger partial charge >= 0.3 is 0 Å². The number of nitrogens with one attached hydrogen (secondary N) is 1. The summed E-state index contributed by atoms with van der Waals surface area (Å²) < 4.78 is 5.67. The van der Waals surface area contributed by atoms with E-state index in [9.17, 15) is 14.4 Å². The van der Waals surface area contributed by atoms with Gasteiger partial charge in [0.2, 0.25) is 5.91 Å². The first-order valence-corrected chi connectivity index (χ1v) is 11.2. The molecule has 2 aromatic carbocycles. The number of rotatable bonds is 8. The molecular formula is C26H32N2O4. The number of carbonyl (C=O) groups is 3. The number of carbonyl (C=O) groups excluding carboxylic acids is 3. The van der Waals surface area contributed by atoms with Gasteiger partial charge in [0.25, 0.3) is 5.91 Å². The van der Waals surface area contributed by atoms with Crippen molar-refractivity contribution in [3.05, 3.63) is 64.7 Å². The maximum atomic E-state index is 12.5. The Labute approximate surface area is 189 Å². The number of hydrogen-bond acceptors (Lipinski definition) is 4. The molecule has 1 fully saturated rings. The second-order valence-electron chi connectivity index (χ2n) is 8.50. The summed E-state index contributed by atoms with van der Waals surface area (Å²) in [7, 11) is 0. The molecule has 0 radical (unpaired) electrons. The first kappa shape index (κ1) is 23.5. The smallest absolute Gasteiger partial charge is 0.258 e. The lowest BCUT2D eigenvalue weighted by Crippen LogP contribution is -2.47. The first-order valence-electron chi connectivity index (χ1n) is 11.2. The number of Topliss-reactive ketones (excluding diaryl/α,β-unsaturated/α-hetero) is 1. The molecule has 1 N–H and O–H groups in total. The predicted molar refractivity (Wildman–Crippen MR) is 124 cm³/mol. The largest absolute Gasteiger partial charge is 0.483 e. The summed E-state index contributed by atoms with van der Waals surface area (Å²) in [4.78, 5) is 38.9. The number of aryl methyl sites for hydroxylation is 2. The molecule has 0 saturated carbocycles. The molecule has 0 unspecified atom stereocenters. The van der Waals surface area contributed by atoms with Gasteiger partial charge in [-0.05, 0) is 50.8 Å². The van der Waals surface area contributed by atoms with E-state index in [4.69, 9.17) is 4.74 Å². The SMILES string of the molecule is Cc1ccc(C(=O)CCC(=O)N2CCC(NC(=O)COc3cccc(C)c3C)CC2)cc1. The van der Waals surface area contributed by atoms with Crippen molar-refractivity contribution in [2.45, 2.75) is 52.5 Å². The van der Waals surface area contributed by atoms with Crippen molar-refractivity contribution in [2.75, 3.05) is 19.7 Å². The standard InChI is InChI=1S/C26H32N2O4/c1-18-7-9-21(10-8-18)23(29)11-12-26(31)28-15-13-22(14-16-28)27-25(30)17-32-24-6-4-5-19(2)20(24)3/h4-10,22H,11-17H2,1-3H3,(H,27,30). The lowest BCUT2D eigenvalue weighted by molar-refractivity contribution is -0.132. The van der Waals surface area contributed by atoms with Crippen molar-refractivity contribution in [1.82, 2.24) is 10.2 Å². The monoisotopic (exact) mass is 436 g/mol. The number of likely N-dealkylation sites (tertiary alicyclic amines) is 1. The highest BCUT2D eigenvalue weighted by Gasteiger charge is 2.24. The molecule has 0 bridgehead atoms. The summed E-state index contributed by atoms with van der Waals surface area (Å²) in [6.45, 7) is 7.10. The van der Waals surface area contributed by atoms with E-state index in [0.29, 0.717) is 31.5 Å². The minimum Gasteiger partial charge on any atom is -0.483 e. The molecule has 2 amide bonds. The van der Waals surface area contributed by atoms with Crippen molar-refractivity contribution < 1.29 is 19.1 Å². The van der Waals surface area contributed by atoms with Gasteiger partial charge in [0.1, 0.15) is 5.75 Å². The number of piperidine rings is 1. The van der Waals surface area contributed by atoms with Crippen LogP contribution in [0.25, 0.3) is 0 Å². The Kier molecular flexibility index (Phi) is 8.03. The highest BCUT2D eigenvalue weighted by Crippen LogP contribution is 2.20. The van der Waals surface area contributed by atoms with Gasteiger partial charge in [-0.15, -0.1) is 0 Å². The van der Waals surface area contributed by atoms with E-state index in [-0.39, 0.29) is 43.1 Å². The molecule has 3 rings (SSSR count). The molecule has 0 spiro atoms. The van der Waals surface area contributed by atoms with Gasteiger partial charge in [0, 0.05) is 37.5 Å². The van der Waals surface area contributed by atoms with Crippen LogP contribution in [0.2, 0.25) is 0 Å². The van der Waals surface area contributed by atoms with Gasteiger partial charge in [-0.25, -0.2) is 0 Å². The molecule has 0 atom stereocenters. The molecule has 170 valence electrons. The average Bonchev–Trinajstić information content (AvgIpc) is 2.79. The van der Waals surface area contributed by atoms with Crippen LogP contribution in [0.15, 0.2) is 42.5 Å². The zero-order chi connectivity index (χ0) is 23.1. The molecule has 32 heavy (non-hydrogen) atoms. The summed E-state index contributed by atoms with van der Waals surface area (Å²) >= 11 is 0. The predicted octanol–water partition coefficient (Wildman–Crippen LogP) is 3.76. The molecule has 6 nitrogen and oxygen atoms in total. The van der Waals surface area contributed by atoms with E-state index in [1.54, 1.807) is 17.0 Å². The molecule has 1 aliphatic heterocycles. The van der Waals surface area contributed by atoms with Gasteiger partial charge in [-0.1, -0.05) is 42.0 Å². The number of benzene rings is 2. The van der Waals surface area contributed by atoms with Gasteiger partial charge in [-0.2, -0.15) is 0 Å². The lowest BCUT2D eigenvalue weighted by Gasteiger charge is -2.32. The zero-order valence-electron chi connectivity index (χ0n) is 19.1. The summed E-state index contributed by atoms with van der Waals surface area (Å²) in [6.07, 6.45) is 1.83. The van der Waals surface area contributed by atoms with Crippen LogP contribution >= 0.6 is 0 Å². The second-order valence-corrected chi connectivity index (χ2v) is 8.50. The van der Waals surface area contributed by atoms with Crippen LogP contribution in [0.5, 0.6) is 5.75 Å². The highest BCUT2D eigenvalue weighted by atomic mass is 16.5. The van der Waals surface area contributed by atoms with Gasteiger partial charge < -0.3 is 15.0 Å². The number of hydrogen-bond donors (Lipinski definition) is 1. The maximum Gasteiger partial charge on any atom is 0.258 e. The van der Waals surface area contributed by atoms with Crippen molar-refractivity contribution in [3.8, 4) is 5.75 Å². The van der Waals surface area contributed by atoms with E-state index >= 15 is 0 Å². The molecule has 0 aliphatic carbocycles. The summed E-state index contributed by atoms with van der Waals surface area (Å²) in [6, 6.07) is 13.2. The van der Waals surface area contributed by atoms with Crippen LogP contribution in [0.4, 0.5) is 0 Å². The third-order valence-electron chi connectivity index (χ3n) is 6.07. The Balaban J connectivity index is 1.37. The molecule has 2 aromatic rings. The van der Waals surface area contributed by atoms with Crippen LogP contribution in [-0.2, 0) is 9.59 Å².